The van der Waals surface area contributed by atoms with Crippen LogP contribution in [-0.4, -0.2) is 75.9 Å². The van der Waals surface area contributed by atoms with Gasteiger partial charge < -0.3 is 10.2 Å². The van der Waals surface area contributed by atoms with Gasteiger partial charge in [-0.3, -0.25) is 19.6 Å². The highest BCUT2D eigenvalue weighted by Gasteiger charge is 2.54. The maximum Gasteiger partial charge on any atom is 0.325 e. The number of piperidine rings is 2. The lowest BCUT2D eigenvalue weighted by Crippen LogP contribution is -2.55. The van der Waals surface area contributed by atoms with E-state index in [4.69, 9.17) is 0 Å². The summed E-state index contributed by atoms with van der Waals surface area (Å²) in [6.07, 6.45) is 7.72. The maximum atomic E-state index is 13.5. The molecule has 3 aliphatic rings. The Labute approximate surface area is 195 Å². The van der Waals surface area contributed by atoms with Gasteiger partial charge in [-0.1, -0.05) is 30.3 Å². The zero-order valence-electron chi connectivity index (χ0n) is 19.2. The van der Waals surface area contributed by atoms with Gasteiger partial charge in [0.25, 0.3) is 5.91 Å². The molecule has 0 atom stereocenters. The molecule has 33 heavy (non-hydrogen) atoms. The number of carbonyl (C=O) groups is 2. The second kappa shape index (κ2) is 9.61. The lowest BCUT2D eigenvalue weighted by atomic mass is 9.86. The van der Waals surface area contributed by atoms with E-state index in [1.807, 2.05) is 30.6 Å². The van der Waals surface area contributed by atoms with Gasteiger partial charge in [0.15, 0.2) is 0 Å². The van der Waals surface area contributed by atoms with Crippen molar-refractivity contribution in [1.82, 2.24) is 25.0 Å². The van der Waals surface area contributed by atoms with Gasteiger partial charge in [0, 0.05) is 57.7 Å². The van der Waals surface area contributed by atoms with Gasteiger partial charge in [0.2, 0.25) is 0 Å². The van der Waals surface area contributed by atoms with Crippen LogP contribution >= 0.6 is 0 Å². The maximum absolute atomic E-state index is 13.5. The van der Waals surface area contributed by atoms with Crippen LogP contribution in [0.3, 0.4) is 0 Å². The van der Waals surface area contributed by atoms with E-state index in [0.29, 0.717) is 12.8 Å². The Hall–Kier alpha value is -2.77. The van der Waals surface area contributed by atoms with Gasteiger partial charge >= 0.3 is 6.03 Å². The van der Waals surface area contributed by atoms with E-state index in [-0.39, 0.29) is 18.0 Å². The Morgan fingerprint density at radius 3 is 2.27 bits per heavy atom. The van der Waals surface area contributed by atoms with Gasteiger partial charge in [-0.05, 0) is 55.4 Å². The molecule has 1 aromatic carbocycles. The van der Waals surface area contributed by atoms with E-state index in [9.17, 15) is 9.59 Å². The molecule has 174 valence electrons. The van der Waals surface area contributed by atoms with Gasteiger partial charge in [0.1, 0.15) is 5.54 Å². The topological polar surface area (TPSA) is 68.8 Å². The minimum atomic E-state index is -0.700. The Bertz CT molecular complexity index is 951. The summed E-state index contributed by atoms with van der Waals surface area (Å²) in [5.74, 6) is 0.00259. The molecule has 0 aliphatic carbocycles. The molecule has 4 heterocycles. The first-order chi connectivity index (χ1) is 16.1. The lowest BCUT2D eigenvalue weighted by Gasteiger charge is -2.38. The fourth-order valence-corrected chi connectivity index (χ4v) is 5.48. The van der Waals surface area contributed by atoms with E-state index in [1.165, 1.54) is 11.1 Å². The zero-order valence-corrected chi connectivity index (χ0v) is 19.2. The van der Waals surface area contributed by atoms with E-state index in [1.54, 1.807) is 4.90 Å². The number of benzene rings is 1. The highest BCUT2D eigenvalue weighted by atomic mass is 16.2. The second-order valence-electron chi connectivity index (χ2n) is 9.63. The normalized spacial score (nSPS) is 22.1. The van der Waals surface area contributed by atoms with Crippen molar-refractivity contribution in [1.29, 1.82) is 0 Å². The quantitative estimate of drug-likeness (QED) is 0.690. The van der Waals surface area contributed by atoms with E-state index in [2.05, 4.69) is 44.4 Å². The first kappa shape index (κ1) is 22.0. The summed E-state index contributed by atoms with van der Waals surface area (Å²) in [6.45, 7) is 5.35. The number of pyridine rings is 1. The number of hydrogen-bond donors (Lipinski definition) is 1. The van der Waals surface area contributed by atoms with Gasteiger partial charge in [-0.2, -0.15) is 0 Å². The molecule has 1 spiro atoms. The summed E-state index contributed by atoms with van der Waals surface area (Å²) in [4.78, 5) is 36.8. The lowest BCUT2D eigenvalue weighted by molar-refractivity contribution is -0.135. The minimum Gasteiger partial charge on any atom is -0.323 e. The van der Waals surface area contributed by atoms with Crippen LogP contribution in [0.1, 0.15) is 36.8 Å². The molecular weight excluding hydrogens is 414 g/mol. The number of carbonyl (C=O) groups excluding carboxylic acids is 2. The largest absolute Gasteiger partial charge is 0.325 e. The number of urea groups is 1. The third kappa shape index (κ3) is 4.80. The molecule has 0 radical (unpaired) electrons. The predicted molar refractivity (Wildman–Crippen MR) is 126 cm³/mol. The van der Waals surface area contributed by atoms with E-state index >= 15 is 0 Å². The molecule has 0 bridgehead atoms. The van der Waals surface area contributed by atoms with Crippen molar-refractivity contribution in [3.63, 3.8) is 0 Å². The molecule has 1 N–H and O–H groups in total. The highest BCUT2D eigenvalue weighted by Crippen LogP contribution is 2.33. The number of aromatic nitrogens is 1. The second-order valence-corrected chi connectivity index (χ2v) is 9.63. The Morgan fingerprint density at radius 1 is 0.879 bits per heavy atom. The fourth-order valence-electron chi connectivity index (χ4n) is 5.48. The van der Waals surface area contributed by atoms with Crippen LogP contribution in [-0.2, 0) is 17.8 Å². The van der Waals surface area contributed by atoms with Gasteiger partial charge in [-0.25, -0.2) is 4.79 Å². The molecule has 2 aromatic rings. The average Bonchev–Trinajstić information content (AvgIpc) is 3.09. The standard InChI is InChI=1S/C26H33N5O2/c32-24-26(11-18-29(19-12-26)15-8-21-4-2-1-3-5-21)28-25(33)31(24)23-9-16-30(17-10-23)20-22-6-13-27-14-7-22/h1-7,13-14,23H,8-12,15-20H2,(H,28,33). The van der Waals surface area contributed by atoms with Crippen molar-refractivity contribution in [3.05, 3.63) is 66.0 Å². The smallest absolute Gasteiger partial charge is 0.323 e. The van der Waals surface area contributed by atoms with Crippen molar-refractivity contribution in [2.24, 2.45) is 0 Å². The van der Waals surface area contributed by atoms with Crippen LogP contribution in [0.25, 0.3) is 0 Å². The number of hydrogen-bond acceptors (Lipinski definition) is 5. The number of nitrogens with one attached hydrogen (secondary N) is 1. The highest BCUT2D eigenvalue weighted by molar-refractivity contribution is 6.07. The first-order valence-electron chi connectivity index (χ1n) is 12.2. The Morgan fingerprint density at radius 2 is 1.58 bits per heavy atom. The first-order valence-corrected chi connectivity index (χ1v) is 12.2. The molecule has 3 fully saturated rings. The molecule has 3 saturated heterocycles. The molecule has 7 nitrogen and oxygen atoms in total. The summed E-state index contributed by atoms with van der Waals surface area (Å²) in [5, 5.41) is 3.10. The summed E-state index contributed by atoms with van der Waals surface area (Å²) in [6, 6.07) is 14.4. The molecule has 7 heteroatoms. The summed E-state index contributed by atoms with van der Waals surface area (Å²) in [5.41, 5.74) is 1.88. The number of likely N-dealkylation sites (tertiary alicyclic amines) is 2. The van der Waals surface area contributed by atoms with Crippen molar-refractivity contribution < 1.29 is 9.59 Å². The molecule has 5 rings (SSSR count). The van der Waals surface area contributed by atoms with Gasteiger partial charge in [0.05, 0.1) is 0 Å². The average molecular weight is 448 g/mol. The molecule has 3 amide bonds. The van der Waals surface area contributed by atoms with E-state index < -0.39 is 5.54 Å². The summed E-state index contributed by atoms with van der Waals surface area (Å²) < 4.78 is 0. The zero-order chi connectivity index (χ0) is 22.7. The molecular formula is C26H33N5O2. The van der Waals surface area contributed by atoms with Crippen LogP contribution in [0.4, 0.5) is 4.79 Å². The number of rotatable bonds is 6. The van der Waals surface area contributed by atoms with Crippen LogP contribution in [0, 0.1) is 0 Å². The number of imide groups is 1. The third-order valence-electron chi connectivity index (χ3n) is 7.54. The fraction of sp³-hybridized carbons (Fsp3) is 0.500. The number of nitrogens with zero attached hydrogens (tertiary/aromatic N) is 4. The van der Waals surface area contributed by atoms with Crippen molar-refractivity contribution in [2.45, 2.75) is 50.2 Å². The van der Waals surface area contributed by atoms with Crippen LogP contribution in [0.2, 0.25) is 0 Å². The summed E-state index contributed by atoms with van der Waals surface area (Å²) >= 11 is 0. The predicted octanol–water partition coefficient (Wildman–Crippen LogP) is 2.68. The van der Waals surface area contributed by atoms with Crippen molar-refractivity contribution in [3.8, 4) is 0 Å². The monoisotopic (exact) mass is 447 g/mol. The Balaban J connectivity index is 1.13. The van der Waals surface area contributed by atoms with Crippen molar-refractivity contribution in [2.75, 3.05) is 32.7 Å². The molecule has 1 aromatic heterocycles. The molecule has 0 unspecified atom stereocenters. The van der Waals surface area contributed by atoms with Crippen molar-refractivity contribution >= 4 is 11.9 Å². The number of amides is 3. The Kier molecular flexibility index (Phi) is 6.42. The molecule has 3 aliphatic heterocycles. The molecule has 0 saturated carbocycles. The van der Waals surface area contributed by atoms with Crippen LogP contribution in [0.5, 0.6) is 0 Å². The third-order valence-corrected chi connectivity index (χ3v) is 7.54. The summed E-state index contributed by atoms with van der Waals surface area (Å²) in [7, 11) is 0. The van der Waals surface area contributed by atoms with E-state index in [0.717, 1.165) is 58.5 Å². The van der Waals surface area contributed by atoms with Crippen LogP contribution < -0.4 is 5.32 Å². The van der Waals surface area contributed by atoms with Crippen LogP contribution in [0.15, 0.2) is 54.9 Å². The SMILES string of the molecule is O=C1NC2(CCN(CCc3ccccc3)CC2)C(=O)N1C1CCN(Cc2ccncc2)CC1. The van der Waals surface area contributed by atoms with Gasteiger partial charge in [-0.15, -0.1) is 0 Å². The minimum absolute atomic E-state index is 0.00155.